The van der Waals surface area contributed by atoms with Gasteiger partial charge in [0.05, 0.1) is 11.8 Å². The quantitative estimate of drug-likeness (QED) is 0.818. The lowest BCUT2D eigenvalue weighted by atomic mass is 10.2. The van der Waals surface area contributed by atoms with Gasteiger partial charge in [-0.1, -0.05) is 6.07 Å². The number of H-pyrrole nitrogens is 1. The molecule has 0 bridgehead atoms. The molecule has 1 atom stereocenters. The number of nitrogens with one attached hydrogen (secondary N) is 1. The molecule has 0 aliphatic heterocycles. The number of hydrogen-bond acceptors (Lipinski definition) is 4. The van der Waals surface area contributed by atoms with E-state index in [-0.39, 0.29) is 16.7 Å². The number of aliphatic carboxylic acids is 1. The molecule has 17 heavy (non-hydrogen) atoms. The fraction of sp³-hybridized carbons (Fsp3) is 0.182. The Kier molecular flexibility index (Phi) is 2.78. The van der Waals surface area contributed by atoms with Crippen molar-refractivity contribution in [1.29, 1.82) is 0 Å². The van der Waals surface area contributed by atoms with Crippen LogP contribution in [0.5, 0.6) is 5.75 Å². The van der Waals surface area contributed by atoms with Crippen molar-refractivity contribution in [2.24, 2.45) is 0 Å². The van der Waals surface area contributed by atoms with E-state index in [1.807, 2.05) is 0 Å². The molecule has 0 unspecified atom stereocenters. The van der Waals surface area contributed by atoms with E-state index in [2.05, 4.69) is 9.97 Å². The van der Waals surface area contributed by atoms with Crippen molar-refractivity contribution in [2.75, 3.05) is 0 Å². The van der Waals surface area contributed by atoms with Gasteiger partial charge in [0, 0.05) is 0 Å². The van der Waals surface area contributed by atoms with Gasteiger partial charge in [0.15, 0.2) is 6.10 Å². The molecule has 0 spiro atoms. The molecule has 2 aromatic rings. The minimum Gasteiger partial charge on any atom is -0.479 e. The molecule has 0 saturated heterocycles. The lowest BCUT2D eigenvalue weighted by molar-refractivity contribution is -0.144. The van der Waals surface area contributed by atoms with Crippen molar-refractivity contribution in [2.45, 2.75) is 13.0 Å². The van der Waals surface area contributed by atoms with E-state index in [9.17, 15) is 9.59 Å². The van der Waals surface area contributed by atoms with Gasteiger partial charge >= 0.3 is 5.97 Å². The van der Waals surface area contributed by atoms with Crippen molar-refractivity contribution in [1.82, 2.24) is 9.97 Å². The van der Waals surface area contributed by atoms with E-state index in [4.69, 9.17) is 9.84 Å². The van der Waals surface area contributed by atoms with Crippen molar-refractivity contribution in [3.8, 4) is 5.75 Å². The SMILES string of the molecule is C[C@@H](Oc1cccc2nc[nH]c(=O)c12)C(=O)O. The number of carboxylic acid groups (broad SMARTS) is 1. The van der Waals surface area contributed by atoms with Gasteiger partial charge in [0.1, 0.15) is 11.1 Å². The van der Waals surface area contributed by atoms with Crippen LogP contribution >= 0.6 is 0 Å². The normalized spacial score (nSPS) is 12.3. The van der Waals surface area contributed by atoms with Crippen LogP contribution in [0.25, 0.3) is 10.9 Å². The number of carboxylic acids is 1. The van der Waals surface area contributed by atoms with Crippen molar-refractivity contribution in [3.63, 3.8) is 0 Å². The summed E-state index contributed by atoms with van der Waals surface area (Å²) < 4.78 is 5.21. The number of benzene rings is 1. The third-order valence-electron chi connectivity index (χ3n) is 2.28. The van der Waals surface area contributed by atoms with Crippen LogP contribution < -0.4 is 10.3 Å². The van der Waals surface area contributed by atoms with Gasteiger partial charge in [-0.15, -0.1) is 0 Å². The van der Waals surface area contributed by atoms with E-state index in [1.54, 1.807) is 18.2 Å². The highest BCUT2D eigenvalue weighted by atomic mass is 16.5. The molecule has 0 radical (unpaired) electrons. The smallest absolute Gasteiger partial charge is 0.344 e. The first-order chi connectivity index (χ1) is 8.09. The molecule has 2 N–H and O–H groups in total. The molecule has 6 nitrogen and oxygen atoms in total. The number of ether oxygens (including phenoxy) is 1. The summed E-state index contributed by atoms with van der Waals surface area (Å²) in [4.78, 5) is 28.7. The maximum Gasteiger partial charge on any atom is 0.344 e. The highest BCUT2D eigenvalue weighted by Crippen LogP contribution is 2.21. The van der Waals surface area contributed by atoms with Gasteiger partial charge in [-0.3, -0.25) is 4.79 Å². The second-order valence-electron chi connectivity index (χ2n) is 3.48. The highest BCUT2D eigenvalue weighted by Gasteiger charge is 2.15. The fourth-order valence-electron chi connectivity index (χ4n) is 1.43. The molecule has 2 rings (SSSR count). The molecule has 88 valence electrons. The first kappa shape index (κ1) is 11.1. The number of carbonyl (C=O) groups is 1. The molecule has 1 aromatic carbocycles. The standard InChI is InChI=1S/C11H10N2O4/c1-6(11(15)16)17-8-4-2-3-7-9(8)10(14)13-5-12-7/h2-6H,1H3,(H,15,16)(H,12,13,14)/t6-/m1/s1. The van der Waals surface area contributed by atoms with Crippen molar-refractivity contribution < 1.29 is 14.6 Å². The van der Waals surface area contributed by atoms with Gasteiger partial charge in [-0.25, -0.2) is 9.78 Å². The average Bonchev–Trinajstić information content (AvgIpc) is 2.29. The van der Waals surface area contributed by atoms with Gasteiger partial charge in [0.2, 0.25) is 0 Å². The topological polar surface area (TPSA) is 92.3 Å². The summed E-state index contributed by atoms with van der Waals surface area (Å²) in [5, 5.41) is 9.01. The Labute approximate surface area is 95.9 Å². The Bertz CT molecular complexity index is 615. The zero-order chi connectivity index (χ0) is 12.4. The summed E-state index contributed by atoms with van der Waals surface area (Å²) >= 11 is 0. The third-order valence-corrected chi connectivity index (χ3v) is 2.28. The Balaban J connectivity index is 2.54. The van der Waals surface area contributed by atoms with Crippen molar-refractivity contribution in [3.05, 3.63) is 34.9 Å². The largest absolute Gasteiger partial charge is 0.479 e. The van der Waals surface area contributed by atoms with Crippen LogP contribution in [0.4, 0.5) is 0 Å². The maximum absolute atomic E-state index is 11.6. The average molecular weight is 234 g/mol. The molecular formula is C11H10N2O4. The van der Waals surface area contributed by atoms with Crippen LogP contribution in [0.2, 0.25) is 0 Å². The molecule has 0 amide bonds. The predicted molar refractivity (Wildman–Crippen MR) is 60.1 cm³/mol. The molecule has 0 saturated carbocycles. The summed E-state index contributed by atoms with van der Waals surface area (Å²) in [6, 6.07) is 4.85. The second kappa shape index (κ2) is 4.25. The number of nitrogens with zero attached hydrogens (tertiary/aromatic N) is 1. The van der Waals surface area contributed by atoms with Crippen LogP contribution in [-0.4, -0.2) is 27.1 Å². The fourth-order valence-corrected chi connectivity index (χ4v) is 1.43. The first-order valence-corrected chi connectivity index (χ1v) is 4.95. The molecule has 1 aromatic heterocycles. The van der Waals surface area contributed by atoms with E-state index in [0.29, 0.717) is 5.52 Å². The van der Waals surface area contributed by atoms with Gasteiger partial charge in [0.25, 0.3) is 5.56 Å². The van der Waals surface area contributed by atoms with E-state index < -0.39 is 12.1 Å². The van der Waals surface area contributed by atoms with Crippen LogP contribution in [-0.2, 0) is 4.79 Å². The van der Waals surface area contributed by atoms with E-state index in [1.165, 1.54) is 13.3 Å². The maximum atomic E-state index is 11.6. The van der Waals surface area contributed by atoms with Crippen molar-refractivity contribution >= 4 is 16.9 Å². The Morgan fingerprint density at radius 1 is 1.53 bits per heavy atom. The van der Waals surface area contributed by atoms with E-state index in [0.717, 1.165) is 0 Å². The Morgan fingerprint density at radius 2 is 2.29 bits per heavy atom. The van der Waals surface area contributed by atoms with Crippen LogP contribution in [0.1, 0.15) is 6.92 Å². The number of aromatic amines is 1. The molecule has 0 aliphatic rings. The number of rotatable bonds is 3. The number of hydrogen-bond donors (Lipinski definition) is 2. The van der Waals surface area contributed by atoms with Crippen LogP contribution in [0.15, 0.2) is 29.3 Å². The Hall–Kier alpha value is -2.37. The minimum atomic E-state index is -1.10. The highest BCUT2D eigenvalue weighted by molar-refractivity contribution is 5.84. The van der Waals surface area contributed by atoms with Crippen LogP contribution in [0.3, 0.4) is 0 Å². The first-order valence-electron chi connectivity index (χ1n) is 4.95. The minimum absolute atomic E-state index is 0.215. The van der Waals surface area contributed by atoms with Gasteiger partial charge < -0.3 is 14.8 Å². The zero-order valence-electron chi connectivity index (χ0n) is 9.01. The second-order valence-corrected chi connectivity index (χ2v) is 3.48. The summed E-state index contributed by atoms with van der Waals surface area (Å²) in [6.45, 7) is 1.39. The van der Waals surface area contributed by atoms with E-state index >= 15 is 0 Å². The number of aromatic nitrogens is 2. The summed E-state index contributed by atoms with van der Waals surface area (Å²) in [5.41, 5.74) is 0.104. The third kappa shape index (κ3) is 2.10. The summed E-state index contributed by atoms with van der Waals surface area (Å²) in [6.07, 6.45) is 0.259. The lowest BCUT2D eigenvalue weighted by Gasteiger charge is -2.11. The molecule has 0 fully saturated rings. The summed E-state index contributed by atoms with van der Waals surface area (Å²) in [7, 11) is 0. The van der Waals surface area contributed by atoms with Crippen LogP contribution in [0, 0.1) is 0 Å². The molecular weight excluding hydrogens is 224 g/mol. The summed E-state index contributed by atoms with van der Waals surface area (Å²) in [5.74, 6) is -0.880. The van der Waals surface area contributed by atoms with Gasteiger partial charge in [-0.05, 0) is 19.1 Å². The van der Waals surface area contributed by atoms with Gasteiger partial charge in [-0.2, -0.15) is 0 Å². The lowest BCUT2D eigenvalue weighted by Crippen LogP contribution is -2.23. The molecule has 0 aliphatic carbocycles. The molecule has 6 heteroatoms. The zero-order valence-corrected chi connectivity index (χ0v) is 9.01. The molecule has 1 heterocycles. The predicted octanol–water partition coefficient (Wildman–Crippen LogP) is 0.775. The Morgan fingerprint density at radius 3 is 3.00 bits per heavy atom. The number of fused-ring (bicyclic) bond motifs is 1. The monoisotopic (exact) mass is 234 g/mol.